The smallest absolute Gasteiger partial charge is 0.410 e. The van der Waals surface area contributed by atoms with Gasteiger partial charge in [-0.15, -0.1) is 0 Å². The van der Waals surface area contributed by atoms with Crippen LogP contribution in [0, 0.1) is 0 Å². The largest absolute Gasteiger partial charge is 0.496 e. The Morgan fingerprint density at radius 3 is 2.24 bits per heavy atom. The number of piperazine rings is 1. The van der Waals surface area contributed by atoms with E-state index >= 15 is 0 Å². The molecular formula is C18H28N2O5. The molecule has 0 aromatic heterocycles. The minimum atomic E-state index is -0.515. The SMILES string of the molecule is COc1cc(OC)c(C2CN(C(=O)OC(C)(C)C)CCN2)cc1OC. The molecule has 1 aliphatic heterocycles. The lowest BCUT2D eigenvalue weighted by Crippen LogP contribution is -2.49. The summed E-state index contributed by atoms with van der Waals surface area (Å²) in [6.45, 7) is 7.34. The summed E-state index contributed by atoms with van der Waals surface area (Å²) in [5.41, 5.74) is 0.395. The molecule has 1 N–H and O–H groups in total. The van der Waals surface area contributed by atoms with Crippen LogP contribution < -0.4 is 19.5 Å². The predicted molar refractivity (Wildman–Crippen MR) is 94.6 cm³/mol. The van der Waals surface area contributed by atoms with Gasteiger partial charge in [0, 0.05) is 31.3 Å². The second-order valence-electron chi connectivity index (χ2n) is 6.88. The van der Waals surface area contributed by atoms with Crippen molar-refractivity contribution < 1.29 is 23.7 Å². The van der Waals surface area contributed by atoms with Crippen molar-refractivity contribution >= 4 is 6.09 Å². The first-order valence-corrected chi connectivity index (χ1v) is 8.30. The quantitative estimate of drug-likeness (QED) is 0.898. The second-order valence-corrected chi connectivity index (χ2v) is 6.88. The maximum Gasteiger partial charge on any atom is 0.410 e. The van der Waals surface area contributed by atoms with Crippen molar-refractivity contribution in [1.82, 2.24) is 10.2 Å². The monoisotopic (exact) mass is 352 g/mol. The molecule has 1 unspecified atom stereocenters. The predicted octanol–water partition coefficient (Wildman–Crippen LogP) is 2.59. The number of hydrogen-bond acceptors (Lipinski definition) is 6. The Hall–Kier alpha value is -2.15. The summed E-state index contributed by atoms with van der Waals surface area (Å²) in [7, 11) is 4.79. The summed E-state index contributed by atoms with van der Waals surface area (Å²) < 4.78 is 21.7. The molecule has 1 aromatic rings. The van der Waals surface area contributed by atoms with E-state index in [1.54, 1.807) is 32.3 Å². The Balaban J connectivity index is 2.24. The number of nitrogens with one attached hydrogen (secondary N) is 1. The fourth-order valence-electron chi connectivity index (χ4n) is 2.78. The molecule has 0 saturated carbocycles. The maximum absolute atomic E-state index is 12.4. The number of amides is 1. The molecule has 0 radical (unpaired) electrons. The van der Waals surface area contributed by atoms with Gasteiger partial charge in [-0.05, 0) is 26.8 Å². The van der Waals surface area contributed by atoms with Crippen molar-refractivity contribution in [3.05, 3.63) is 17.7 Å². The van der Waals surface area contributed by atoms with Gasteiger partial charge in [-0.3, -0.25) is 0 Å². The Bertz CT molecular complexity index is 612. The number of benzene rings is 1. The van der Waals surface area contributed by atoms with Gasteiger partial charge in [0.1, 0.15) is 11.4 Å². The molecule has 0 bridgehead atoms. The van der Waals surface area contributed by atoms with Crippen molar-refractivity contribution in [2.45, 2.75) is 32.4 Å². The van der Waals surface area contributed by atoms with Gasteiger partial charge in [-0.2, -0.15) is 0 Å². The third kappa shape index (κ3) is 4.69. The van der Waals surface area contributed by atoms with Crippen molar-refractivity contribution in [1.29, 1.82) is 0 Å². The van der Waals surface area contributed by atoms with Crippen LogP contribution >= 0.6 is 0 Å². The number of nitrogens with zero attached hydrogens (tertiary/aromatic N) is 1. The zero-order valence-electron chi connectivity index (χ0n) is 15.8. The van der Waals surface area contributed by atoms with E-state index in [4.69, 9.17) is 18.9 Å². The molecule has 1 heterocycles. The molecule has 1 atom stereocenters. The first kappa shape index (κ1) is 19.2. The molecule has 1 aliphatic rings. The summed E-state index contributed by atoms with van der Waals surface area (Å²) >= 11 is 0. The van der Waals surface area contributed by atoms with Crippen molar-refractivity contribution in [2.75, 3.05) is 41.0 Å². The van der Waals surface area contributed by atoms with Crippen LogP contribution in [-0.2, 0) is 4.74 Å². The zero-order chi connectivity index (χ0) is 18.6. The number of hydrogen-bond donors (Lipinski definition) is 1. The highest BCUT2D eigenvalue weighted by atomic mass is 16.6. The molecule has 140 valence electrons. The normalized spacial score (nSPS) is 17.8. The van der Waals surface area contributed by atoms with E-state index in [9.17, 15) is 4.79 Å². The second kappa shape index (κ2) is 7.82. The lowest BCUT2D eigenvalue weighted by atomic mass is 10.0. The van der Waals surface area contributed by atoms with E-state index in [2.05, 4.69) is 5.32 Å². The highest BCUT2D eigenvalue weighted by molar-refractivity contribution is 5.68. The molecule has 2 rings (SSSR count). The Labute approximate surface area is 149 Å². The highest BCUT2D eigenvalue weighted by Crippen LogP contribution is 2.38. The van der Waals surface area contributed by atoms with E-state index in [1.165, 1.54) is 0 Å². The van der Waals surface area contributed by atoms with Crippen LogP contribution in [-0.4, -0.2) is 57.6 Å². The van der Waals surface area contributed by atoms with E-state index < -0.39 is 5.60 Å². The first-order valence-electron chi connectivity index (χ1n) is 8.30. The Morgan fingerprint density at radius 1 is 1.08 bits per heavy atom. The number of ether oxygens (including phenoxy) is 4. The first-order chi connectivity index (χ1) is 11.8. The summed E-state index contributed by atoms with van der Waals surface area (Å²) in [5, 5.41) is 3.42. The van der Waals surface area contributed by atoms with Crippen LogP contribution in [0.4, 0.5) is 4.79 Å². The lowest BCUT2D eigenvalue weighted by Gasteiger charge is -2.35. The van der Waals surface area contributed by atoms with Crippen LogP contribution in [0.3, 0.4) is 0 Å². The van der Waals surface area contributed by atoms with Gasteiger partial charge in [0.05, 0.1) is 27.4 Å². The molecule has 0 aliphatic carbocycles. The standard InChI is InChI=1S/C18H28N2O5/c1-18(2,3)25-17(21)20-8-7-19-13(11-20)12-9-15(23-5)16(24-6)10-14(12)22-4/h9-10,13,19H,7-8,11H2,1-6H3. The molecule has 1 fully saturated rings. The van der Waals surface area contributed by atoms with Crippen molar-refractivity contribution in [3.63, 3.8) is 0 Å². The summed E-state index contributed by atoms with van der Waals surface area (Å²) in [6.07, 6.45) is -0.307. The van der Waals surface area contributed by atoms with Gasteiger partial charge in [0.15, 0.2) is 11.5 Å². The van der Waals surface area contributed by atoms with E-state index in [1.807, 2.05) is 26.8 Å². The average molecular weight is 352 g/mol. The van der Waals surface area contributed by atoms with Crippen LogP contribution in [0.5, 0.6) is 17.2 Å². The molecule has 1 amide bonds. The number of carbonyl (C=O) groups excluding carboxylic acids is 1. The van der Waals surface area contributed by atoms with Crippen LogP contribution in [0.1, 0.15) is 32.4 Å². The van der Waals surface area contributed by atoms with Gasteiger partial charge in [-0.25, -0.2) is 4.79 Å². The van der Waals surface area contributed by atoms with Gasteiger partial charge in [-0.1, -0.05) is 0 Å². The summed E-state index contributed by atoms with van der Waals surface area (Å²) in [4.78, 5) is 14.1. The Morgan fingerprint density at radius 2 is 1.68 bits per heavy atom. The molecule has 25 heavy (non-hydrogen) atoms. The third-order valence-electron chi connectivity index (χ3n) is 3.94. The van der Waals surface area contributed by atoms with Crippen LogP contribution in [0.25, 0.3) is 0 Å². The topological polar surface area (TPSA) is 69.3 Å². The summed E-state index contributed by atoms with van der Waals surface area (Å²) in [6, 6.07) is 3.59. The van der Waals surface area contributed by atoms with E-state index in [-0.39, 0.29) is 12.1 Å². The van der Waals surface area contributed by atoms with Gasteiger partial charge in [0.2, 0.25) is 0 Å². The van der Waals surface area contributed by atoms with Gasteiger partial charge >= 0.3 is 6.09 Å². The number of methoxy groups -OCH3 is 3. The maximum atomic E-state index is 12.4. The zero-order valence-corrected chi connectivity index (χ0v) is 15.8. The van der Waals surface area contributed by atoms with Gasteiger partial charge in [0.25, 0.3) is 0 Å². The van der Waals surface area contributed by atoms with Crippen molar-refractivity contribution in [2.24, 2.45) is 0 Å². The van der Waals surface area contributed by atoms with Crippen LogP contribution in [0.2, 0.25) is 0 Å². The van der Waals surface area contributed by atoms with Crippen molar-refractivity contribution in [3.8, 4) is 17.2 Å². The molecule has 0 spiro atoms. The fraction of sp³-hybridized carbons (Fsp3) is 0.611. The molecule has 7 nitrogen and oxygen atoms in total. The lowest BCUT2D eigenvalue weighted by molar-refractivity contribution is 0.0194. The molecule has 1 aromatic carbocycles. The van der Waals surface area contributed by atoms with E-state index in [0.717, 1.165) is 5.56 Å². The van der Waals surface area contributed by atoms with Crippen LogP contribution in [0.15, 0.2) is 12.1 Å². The fourth-order valence-corrected chi connectivity index (χ4v) is 2.78. The minimum Gasteiger partial charge on any atom is -0.496 e. The Kier molecular flexibility index (Phi) is 6.00. The van der Waals surface area contributed by atoms with E-state index in [0.29, 0.717) is 36.9 Å². The number of rotatable bonds is 4. The molecule has 7 heteroatoms. The third-order valence-corrected chi connectivity index (χ3v) is 3.94. The minimum absolute atomic E-state index is 0.0870. The molecular weight excluding hydrogens is 324 g/mol. The average Bonchev–Trinajstić information content (AvgIpc) is 2.59. The highest BCUT2D eigenvalue weighted by Gasteiger charge is 2.30. The number of carbonyl (C=O) groups is 1. The summed E-state index contributed by atoms with van der Waals surface area (Å²) in [5.74, 6) is 1.90. The van der Waals surface area contributed by atoms with Gasteiger partial charge < -0.3 is 29.2 Å². The molecule has 1 saturated heterocycles.